The molecule has 0 spiro atoms. The van der Waals surface area contributed by atoms with Crippen LogP contribution in [0.3, 0.4) is 0 Å². The van der Waals surface area contributed by atoms with Crippen LogP contribution in [0.5, 0.6) is 0 Å². The molecule has 0 atom stereocenters. The Kier molecular flexibility index (Phi) is 12.2. The number of anilines is 3. The molecule has 0 saturated carbocycles. The summed E-state index contributed by atoms with van der Waals surface area (Å²) in [6, 6.07) is 17.1. The molecule has 8 rings (SSSR count). The van der Waals surface area contributed by atoms with Gasteiger partial charge in [0.25, 0.3) is 11.8 Å². The largest absolute Gasteiger partial charge is 0.320 e. The van der Waals surface area contributed by atoms with Gasteiger partial charge in [-0.1, -0.05) is 51.1 Å². The number of nitrogens with one attached hydrogen (secondary N) is 3. The second-order valence-corrected chi connectivity index (χ2v) is 14.9. The van der Waals surface area contributed by atoms with Gasteiger partial charge in [0.2, 0.25) is 0 Å². The van der Waals surface area contributed by atoms with Crippen LogP contribution in [-0.4, -0.2) is 51.8 Å². The van der Waals surface area contributed by atoms with Crippen LogP contribution in [0.1, 0.15) is 31.8 Å². The van der Waals surface area contributed by atoms with E-state index >= 15 is 8.78 Å². The summed E-state index contributed by atoms with van der Waals surface area (Å²) in [5.41, 5.74) is 0.343. The van der Waals surface area contributed by atoms with Gasteiger partial charge in [-0.2, -0.15) is 20.4 Å². The molecule has 314 valence electrons. The SMILES string of the molecule is C#Cc1cc(C(=O)Nc2cnc(-n3nccn3)c(Cl)c2)c(F)cc1-c1ccc(F)cc1NC#Cc1cc(C(=O)Nc2cnc(-n3nccn3)c(Cl)c2)c(F)cc1-c1ccc(F)cc1Br. The minimum atomic E-state index is -0.972. The highest BCUT2D eigenvalue weighted by molar-refractivity contribution is 9.10. The Morgan fingerprint density at radius 1 is 0.625 bits per heavy atom. The Morgan fingerprint density at radius 3 is 1.61 bits per heavy atom. The third kappa shape index (κ3) is 9.01. The van der Waals surface area contributed by atoms with E-state index < -0.39 is 46.2 Å². The summed E-state index contributed by atoms with van der Waals surface area (Å²) < 4.78 is 60.9. The summed E-state index contributed by atoms with van der Waals surface area (Å²) in [6.45, 7) is 0. The molecule has 0 saturated heterocycles. The van der Waals surface area contributed by atoms with Crippen molar-refractivity contribution in [2.45, 2.75) is 0 Å². The Labute approximate surface area is 377 Å². The number of hydrogen-bond acceptors (Lipinski definition) is 9. The molecule has 0 fully saturated rings. The summed E-state index contributed by atoms with van der Waals surface area (Å²) in [6.07, 6.45) is 14.1. The standard InChI is InChI=1S/C44H22BrCl2F4N11O2/c1-2-23-13-33(43(63)59-27-17-36(46)41(53-21-27)61-55-9-10-56-61)38(50)19-31(23)30-6-4-26(49)16-40(30)52-8-7-24-14-34(39(51)20-32(24)29-5-3-25(48)15-35(29)45)44(64)60-28-18-37(47)42(54-22-28)62-57-11-12-58-62/h1,3-6,9-22,52H,(H,59,63)(H,60,64). The number of halogens is 7. The zero-order chi connectivity index (χ0) is 45.1. The van der Waals surface area contributed by atoms with Crippen molar-refractivity contribution in [2.75, 3.05) is 16.0 Å². The number of rotatable bonds is 9. The molecule has 64 heavy (non-hydrogen) atoms. The van der Waals surface area contributed by atoms with Crippen LogP contribution in [0.2, 0.25) is 10.0 Å². The number of carbonyl (C=O) groups is 2. The van der Waals surface area contributed by atoms with Gasteiger partial charge in [0.15, 0.2) is 11.6 Å². The van der Waals surface area contributed by atoms with E-state index in [1.807, 2.05) is 0 Å². The van der Waals surface area contributed by atoms with Crippen molar-refractivity contribution in [3.05, 3.63) is 170 Å². The first-order chi connectivity index (χ1) is 30.9. The average Bonchev–Trinajstić information content (AvgIpc) is 4.01. The lowest BCUT2D eigenvalue weighted by atomic mass is 9.95. The predicted molar refractivity (Wildman–Crippen MR) is 234 cm³/mol. The van der Waals surface area contributed by atoms with Gasteiger partial charge in [-0.05, 0) is 78.2 Å². The van der Waals surface area contributed by atoms with E-state index in [2.05, 4.69) is 80.1 Å². The molecular formula is C44H22BrCl2F4N11O2. The molecule has 8 aromatic rings. The van der Waals surface area contributed by atoms with Gasteiger partial charge in [0.1, 0.15) is 23.3 Å². The number of nitrogens with zero attached hydrogens (tertiary/aromatic N) is 8. The maximum absolute atomic E-state index is 15.8. The molecule has 2 amide bonds. The van der Waals surface area contributed by atoms with Crippen LogP contribution in [0, 0.1) is 47.6 Å². The van der Waals surface area contributed by atoms with Crippen molar-refractivity contribution in [3.63, 3.8) is 0 Å². The molecule has 4 heterocycles. The third-order valence-electron chi connectivity index (χ3n) is 9.12. The Hall–Kier alpha value is -7.90. The first kappa shape index (κ1) is 42.8. The van der Waals surface area contributed by atoms with Crippen LogP contribution >= 0.6 is 39.1 Å². The van der Waals surface area contributed by atoms with Crippen molar-refractivity contribution < 1.29 is 27.2 Å². The van der Waals surface area contributed by atoms with Crippen LogP contribution in [0.25, 0.3) is 33.9 Å². The highest BCUT2D eigenvalue weighted by Gasteiger charge is 2.21. The quantitative estimate of drug-likeness (QED) is 0.0729. The normalized spacial score (nSPS) is 10.7. The number of pyridine rings is 2. The molecule has 0 radical (unpaired) electrons. The monoisotopic (exact) mass is 961 g/mol. The lowest BCUT2D eigenvalue weighted by Crippen LogP contribution is -2.15. The van der Waals surface area contributed by atoms with E-state index in [1.165, 1.54) is 83.2 Å². The van der Waals surface area contributed by atoms with E-state index in [0.717, 1.165) is 36.4 Å². The number of terminal acetylenes is 1. The van der Waals surface area contributed by atoms with Gasteiger partial charge in [0.05, 0.1) is 75.4 Å². The average molecular weight is 964 g/mol. The van der Waals surface area contributed by atoms with Crippen LogP contribution in [0.4, 0.5) is 34.6 Å². The van der Waals surface area contributed by atoms with Gasteiger partial charge in [-0.15, -0.1) is 16.0 Å². The van der Waals surface area contributed by atoms with E-state index in [0.29, 0.717) is 5.56 Å². The molecule has 20 heteroatoms. The highest BCUT2D eigenvalue weighted by Crippen LogP contribution is 2.35. The van der Waals surface area contributed by atoms with Crippen LogP contribution in [0.15, 0.2) is 114 Å². The first-order valence-electron chi connectivity index (χ1n) is 18.2. The van der Waals surface area contributed by atoms with Gasteiger partial charge >= 0.3 is 0 Å². The molecule has 0 aliphatic heterocycles. The molecule has 0 unspecified atom stereocenters. The summed E-state index contributed by atoms with van der Waals surface area (Å²) in [4.78, 5) is 37.5. The number of amides is 2. The predicted octanol–water partition coefficient (Wildman–Crippen LogP) is 9.50. The molecule has 0 bridgehead atoms. The zero-order valence-corrected chi connectivity index (χ0v) is 35.1. The second-order valence-electron chi connectivity index (χ2n) is 13.2. The van der Waals surface area contributed by atoms with Crippen molar-refractivity contribution >= 4 is 68.0 Å². The summed E-state index contributed by atoms with van der Waals surface area (Å²) in [7, 11) is 0. The van der Waals surface area contributed by atoms with E-state index in [4.69, 9.17) is 29.6 Å². The Morgan fingerprint density at radius 2 is 1.11 bits per heavy atom. The maximum Gasteiger partial charge on any atom is 0.258 e. The van der Waals surface area contributed by atoms with Gasteiger partial charge in [-0.3, -0.25) is 9.59 Å². The van der Waals surface area contributed by atoms with E-state index in [9.17, 15) is 18.4 Å². The number of aromatic nitrogens is 8. The first-order valence-corrected chi connectivity index (χ1v) is 19.7. The van der Waals surface area contributed by atoms with Gasteiger partial charge in [0, 0.05) is 38.3 Å². The van der Waals surface area contributed by atoms with E-state index in [-0.39, 0.29) is 71.0 Å². The Balaban J connectivity index is 1.10. The minimum Gasteiger partial charge on any atom is -0.320 e. The fraction of sp³-hybridized carbons (Fsp3) is 0. The fourth-order valence-corrected chi connectivity index (χ4v) is 7.28. The van der Waals surface area contributed by atoms with Crippen LogP contribution < -0.4 is 16.0 Å². The molecule has 13 nitrogen and oxygen atoms in total. The van der Waals surface area contributed by atoms with E-state index in [1.54, 1.807) is 0 Å². The van der Waals surface area contributed by atoms with Gasteiger partial charge in [-0.25, -0.2) is 27.5 Å². The van der Waals surface area contributed by atoms with Gasteiger partial charge < -0.3 is 16.0 Å². The number of carbonyl (C=O) groups excluding carboxylic acids is 2. The Bertz CT molecular complexity index is 3260. The highest BCUT2D eigenvalue weighted by atomic mass is 79.9. The van der Waals surface area contributed by atoms with Crippen molar-refractivity contribution in [1.82, 2.24) is 40.0 Å². The molecule has 4 aromatic carbocycles. The lowest BCUT2D eigenvalue weighted by molar-refractivity contribution is 0.101. The van der Waals surface area contributed by atoms with Crippen molar-refractivity contribution in [1.29, 1.82) is 0 Å². The van der Waals surface area contributed by atoms with Crippen LogP contribution in [-0.2, 0) is 0 Å². The summed E-state index contributed by atoms with van der Waals surface area (Å²) in [5, 5.41) is 24.0. The summed E-state index contributed by atoms with van der Waals surface area (Å²) in [5.74, 6) is 0.702. The smallest absolute Gasteiger partial charge is 0.258 e. The van der Waals surface area contributed by atoms with Crippen molar-refractivity contribution in [3.8, 4) is 58.2 Å². The maximum atomic E-state index is 15.8. The summed E-state index contributed by atoms with van der Waals surface area (Å²) >= 11 is 16.0. The van der Waals surface area contributed by atoms with Crippen molar-refractivity contribution in [2.24, 2.45) is 0 Å². The second kappa shape index (κ2) is 18.2. The topological polar surface area (TPSA) is 157 Å². The number of hydrogen-bond donors (Lipinski definition) is 3. The molecule has 3 N–H and O–H groups in total. The zero-order valence-electron chi connectivity index (χ0n) is 32.0. The third-order valence-corrected chi connectivity index (χ3v) is 10.3. The minimum absolute atomic E-state index is 0.0239. The molecule has 0 aliphatic rings. The lowest BCUT2D eigenvalue weighted by Gasteiger charge is -2.14. The molecule has 4 aromatic heterocycles. The molecular weight excluding hydrogens is 941 g/mol. The molecule has 0 aliphatic carbocycles. The fourth-order valence-electron chi connectivity index (χ4n) is 6.23. The number of benzene rings is 4.